The Labute approximate surface area is 135 Å². The minimum Gasteiger partial charge on any atom is -0.507 e. The Morgan fingerprint density at radius 2 is 1.52 bits per heavy atom. The van der Waals surface area contributed by atoms with Gasteiger partial charge in [0.05, 0.1) is 17.5 Å². The fourth-order valence-corrected chi connectivity index (χ4v) is 2.27. The summed E-state index contributed by atoms with van der Waals surface area (Å²) >= 11 is 0. The lowest BCUT2D eigenvalue weighted by Crippen LogP contribution is -2.09. The first-order chi connectivity index (χ1) is 11.1. The van der Waals surface area contributed by atoms with Crippen LogP contribution in [0.4, 0.5) is 0 Å². The molecule has 0 bridgehead atoms. The van der Waals surface area contributed by atoms with Crippen LogP contribution >= 0.6 is 0 Å². The van der Waals surface area contributed by atoms with E-state index in [0.717, 1.165) is 11.3 Å². The van der Waals surface area contributed by atoms with Gasteiger partial charge < -0.3 is 9.84 Å². The van der Waals surface area contributed by atoms with Crippen molar-refractivity contribution in [2.24, 2.45) is 0 Å². The van der Waals surface area contributed by atoms with Gasteiger partial charge >= 0.3 is 6.01 Å². The van der Waals surface area contributed by atoms with E-state index < -0.39 is 0 Å². The van der Waals surface area contributed by atoms with Gasteiger partial charge in [-0.3, -0.25) is 0 Å². The fraction of sp³-hybridized carbons (Fsp3) is 0.158. The molecule has 0 amide bonds. The van der Waals surface area contributed by atoms with E-state index >= 15 is 0 Å². The molecule has 1 N–H and O–H groups in total. The summed E-state index contributed by atoms with van der Waals surface area (Å²) in [6.45, 7) is 3.86. The zero-order valence-corrected chi connectivity index (χ0v) is 13.1. The van der Waals surface area contributed by atoms with E-state index in [9.17, 15) is 5.11 Å². The van der Waals surface area contributed by atoms with E-state index in [0.29, 0.717) is 17.3 Å². The van der Waals surface area contributed by atoms with Crippen LogP contribution in [0.1, 0.15) is 13.8 Å². The van der Waals surface area contributed by atoms with Crippen LogP contribution in [0.3, 0.4) is 0 Å². The maximum Gasteiger partial charge on any atom is 0.317 e. The third kappa shape index (κ3) is 3.48. The van der Waals surface area contributed by atoms with E-state index in [-0.39, 0.29) is 11.9 Å². The van der Waals surface area contributed by atoms with Crippen LogP contribution in [0.15, 0.2) is 60.7 Å². The normalized spacial score (nSPS) is 10.7. The van der Waals surface area contributed by atoms with Crippen molar-refractivity contribution in [3.8, 4) is 34.3 Å². The summed E-state index contributed by atoms with van der Waals surface area (Å²) in [7, 11) is 0. The number of ether oxygens (including phenoxy) is 1. The molecule has 1 heterocycles. The third-order valence-corrected chi connectivity index (χ3v) is 3.30. The molecule has 3 rings (SSSR count). The van der Waals surface area contributed by atoms with Gasteiger partial charge in [-0.2, -0.15) is 9.97 Å². The van der Waals surface area contributed by atoms with Gasteiger partial charge in [-0.05, 0) is 32.0 Å². The van der Waals surface area contributed by atoms with E-state index in [1.54, 1.807) is 12.1 Å². The quantitative estimate of drug-likeness (QED) is 0.780. The van der Waals surface area contributed by atoms with Gasteiger partial charge in [-0.1, -0.05) is 42.5 Å². The molecule has 0 fully saturated rings. The lowest BCUT2D eigenvalue weighted by Gasteiger charge is -2.12. The Hall–Kier alpha value is -2.88. The molecule has 2 aromatic carbocycles. The van der Waals surface area contributed by atoms with Gasteiger partial charge in [0.2, 0.25) is 0 Å². The Kier molecular flexibility index (Phi) is 4.24. The first-order valence-corrected chi connectivity index (χ1v) is 7.53. The zero-order valence-electron chi connectivity index (χ0n) is 13.1. The van der Waals surface area contributed by atoms with Crippen LogP contribution in [-0.4, -0.2) is 21.2 Å². The van der Waals surface area contributed by atoms with Gasteiger partial charge in [0, 0.05) is 11.1 Å². The highest BCUT2D eigenvalue weighted by Crippen LogP contribution is 2.31. The molecular formula is C19H18N2O2. The van der Waals surface area contributed by atoms with Crippen molar-refractivity contribution in [2.75, 3.05) is 0 Å². The minimum atomic E-state index is -0.0294. The molecule has 0 aliphatic rings. The van der Waals surface area contributed by atoms with E-state index in [1.807, 2.05) is 62.4 Å². The van der Waals surface area contributed by atoms with Crippen molar-refractivity contribution in [2.45, 2.75) is 20.0 Å². The maximum atomic E-state index is 10.1. The Bertz CT molecular complexity index is 801. The van der Waals surface area contributed by atoms with Crippen molar-refractivity contribution >= 4 is 0 Å². The number of phenolic OH excluding ortho intramolecular Hbond substituents is 1. The van der Waals surface area contributed by atoms with Crippen LogP contribution in [0.25, 0.3) is 22.5 Å². The first-order valence-electron chi connectivity index (χ1n) is 7.53. The van der Waals surface area contributed by atoms with Crippen LogP contribution in [0.5, 0.6) is 11.8 Å². The number of benzene rings is 2. The number of para-hydroxylation sites is 1. The van der Waals surface area contributed by atoms with Gasteiger partial charge in [-0.15, -0.1) is 0 Å². The molecule has 0 saturated heterocycles. The molecule has 0 atom stereocenters. The highest BCUT2D eigenvalue weighted by molar-refractivity contribution is 5.71. The lowest BCUT2D eigenvalue weighted by molar-refractivity contribution is 0.222. The van der Waals surface area contributed by atoms with Crippen LogP contribution in [0.2, 0.25) is 0 Å². The summed E-state index contributed by atoms with van der Waals surface area (Å²) < 4.78 is 5.67. The Morgan fingerprint density at radius 3 is 2.22 bits per heavy atom. The number of hydrogen-bond acceptors (Lipinski definition) is 4. The highest BCUT2D eigenvalue weighted by Gasteiger charge is 2.12. The summed E-state index contributed by atoms with van der Waals surface area (Å²) in [5.41, 5.74) is 3.02. The number of phenols is 1. The first kappa shape index (κ1) is 15.0. The second-order valence-electron chi connectivity index (χ2n) is 5.47. The molecule has 1 aromatic heterocycles. The fourth-order valence-electron chi connectivity index (χ4n) is 2.27. The molecule has 0 aliphatic heterocycles. The van der Waals surface area contributed by atoms with Crippen LogP contribution < -0.4 is 4.74 Å². The number of aromatic nitrogens is 2. The van der Waals surface area contributed by atoms with E-state index in [2.05, 4.69) is 9.97 Å². The Morgan fingerprint density at radius 1 is 0.870 bits per heavy atom. The van der Waals surface area contributed by atoms with Gasteiger partial charge in [0.15, 0.2) is 0 Å². The summed E-state index contributed by atoms with van der Waals surface area (Å²) in [6.07, 6.45) is -0.0294. The predicted octanol–water partition coefficient (Wildman–Crippen LogP) is 4.30. The van der Waals surface area contributed by atoms with E-state index in [1.165, 1.54) is 0 Å². The molecule has 23 heavy (non-hydrogen) atoms. The smallest absolute Gasteiger partial charge is 0.317 e. The molecule has 116 valence electrons. The largest absolute Gasteiger partial charge is 0.507 e. The van der Waals surface area contributed by atoms with Crippen LogP contribution in [-0.2, 0) is 0 Å². The average Bonchev–Trinajstić information content (AvgIpc) is 2.55. The summed E-state index contributed by atoms with van der Waals surface area (Å²) in [6, 6.07) is 19.1. The number of hydrogen-bond donors (Lipinski definition) is 1. The lowest BCUT2D eigenvalue weighted by atomic mass is 10.1. The maximum absolute atomic E-state index is 10.1. The molecule has 4 heteroatoms. The molecule has 3 aromatic rings. The highest BCUT2D eigenvalue weighted by atomic mass is 16.5. The SMILES string of the molecule is CC(C)Oc1nc(-c2ccccc2)cc(-c2ccccc2O)n1. The molecule has 4 nitrogen and oxygen atoms in total. The molecule has 0 saturated carbocycles. The number of nitrogens with zero attached hydrogens (tertiary/aromatic N) is 2. The standard InChI is InChI=1S/C19H18N2O2/c1-13(2)23-19-20-16(14-8-4-3-5-9-14)12-17(21-19)15-10-6-7-11-18(15)22/h3-13,22H,1-2H3. The molecule has 0 spiro atoms. The summed E-state index contributed by atoms with van der Waals surface area (Å²) in [5.74, 6) is 0.181. The monoisotopic (exact) mass is 306 g/mol. The molecule has 0 unspecified atom stereocenters. The molecule has 0 aliphatic carbocycles. The van der Waals surface area contributed by atoms with Gasteiger partial charge in [0.25, 0.3) is 0 Å². The predicted molar refractivity (Wildman–Crippen MR) is 90.3 cm³/mol. The van der Waals surface area contributed by atoms with Crippen molar-refractivity contribution in [1.29, 1.82) is 0 Å². The average molecular weight is 306 g/mol. The summed E-state index contributed by atoms with van der Waals surface area (Å²) in [5, 5.41) is 10.1. The van der Waals surface area contributed by atoms with Crippen LogP contribution in [0, 0.1) is 0 Å². The van der Waals surface area contributed by atoms with Crippen molar-refractivity contribution in [1.82, 2.24) is 9.97 Å². The molecular weight excluding hydrogens is 288 g/mol. The van der Waals surface area contributed by atoms with Gasteiger partial charge in [-0.25, -0.2) is 0 Å². The topological polar surface area (TPSA) is 55.2 Å². The second kappa shape index (κ2) is 6.48. The minimum absolute atomic E-state index is 0.0294. The van der Waals surface area contributed by atoms with Crippen molar-refractivity contribution in [3.63, 3.8) is 0 Å². The van der Waals surface area contributed by atoms with E-state index in [4.69, 9.17) is 4.74 Å². The summed E-state index contributed by atoms with van der Waals surface area (Å²) in [4.78, 5) is 8.92. The zero-order chi connectivity index (χ0) is 16.2. The van der Waals surface area contributed by atoms with Gasteiger partial charge in [0.1, 0.15) is 5.75 Å². The number of rotatable bonds is 4. The van der Waals surface area contributed by atoms with Crippen molar-refractivity contribution < 1.29 is 9.84 Å². The Balaban J connectivity index is 2.14. The molecule has 0 radical (unpaired) electrons. The number of aromatic hydroxyl groups is 1. The second-order valence-corrected chi connectivity index (χ2v) is 5.47. The third-order valence-electron chi connectivity index (χ3n) is 3.30. The van der Waals surface area contributed by atoms with Crippen molar-refractivity contribution in [3.05, 3.63) is 60.7 Å².